The van der Waals surface area contributed by atoms with Crippen LogP contribution in [0.5, 0.6) is 5.88 Å². The molecule has 0 N–H and O–H groups in total. The van der Waals surface area contributed by atoms with Gasteiger partial charge in [-0.05, 0) is 46.7 Å². The predicted octanol–water partition coefficient (Wildman–Crippen LogP) is 2.31. The molecular formula is C20H34BN3O3. The van der Waals surface area contributed by atoms with Gasteiger partial charge in [-0.3, -0.25) is 4.90 Å². The maximum absolute atomic E-state index is 6.20. The van der Waals surface area contributed by atoms with E-state index in [0.29, 0.717) is 5.88 Å². The molecule has 0 amide bonds. The Morgan fingerprint density at radius 1 is 1.11 bits per heavy atom. The first-order chi connectivity index (χ1) is 12.8. The minimum Gasteiger partial charge on any atom is -0.480 e. The maximum atomic E-state index is 6.20. The van der Waals surface area contributed by atoms with E-state index in [2.05, 4.69) is 55.5 Å². The Kier molecular flexibility index (Phi) is 6.03. The van der Waals surface area contributed by atoms with Crippen molar-refractivity contribution >= 4 is 18.3 Å². The highest BCUT2D eigenvalue weighted by atomic mass is 16.7. The summed E-state index contributed by atoms with van der Waals surface area (Å²) in [6.07, 6.45) is 4.32. The third-order valence-corrected chi connectivity index (χ3v) is 6.11. The van der Waals surface area contributed by atoms with Crippen LogP contribution in [0.1, 0.15) is 47.5 Å². The number of aromatic nitrogens is 1. The minimum absolute atomic E-state index is 0.358. The number of pyridine rings is 1. The first-order valence-electron chi connectivity index (χ1n) is 10.1. The maximum Gasteiger partial charge on any atom is 0.496 e. The van der Waals surface area contributed by atoms with E-state index in [0.717, 1.165) is 37.3 Å². The number of hydrogen-bond donors (Lipinski definition) is 0. The molecule has 27 heavy (non-hydrogen) atoms. The molecule has 3 rings (SSSR count). The fourth-order valence-corrected chi connectivity index (χ4v) is 3.54. The van der Waals surface area contributed by atoms with Crippen molar-refractivity contribution in [3.63, 3.8) is 0 Å². The van der Waals surface area contributed by atoms with Gasteiger partial charge in [-0.1, -0.05) is 13.3 Å². The van der Waals surface area contributed by atoms with Crippen molar-refractivity contribution in [3.8, 4) is 5.88 Å². The molecule has 2 fully saturated rings. The number of hydrogen-bond acceptors (Lipinski definition) is 6. The number of rotatable bonds is 6. The number of ether oxygens (including phenoxy) is 1. The van der Waals surface area contributed by atoms with Gasteiger partial charge in [0.05, 0.1) is 24.0 Å². The molecule has 0 bridgehead atoms. The van der Waals surface area contributed by atoms with Crippen LogP contribution >= 0.6 is 0 Å². The van der Waals surface area contributed by atoms with Crippen LogP contribution in [0, 0.1) is 0 Å². The Hall–Kier alpha value is -1.31. The Labute approximate surface area is 164 Å². The Bertz CT molecular complexity index is 629. The second kappa shape index (κ2) is 7.98. The predicted molar refractivity (Wildman–Crippen MR) is 110 cm³/mol. The van der Waals surface area contributed by atoms with E-state index in [9.17, 15) is 0 Å². The first-order valence-corrected chi connectivity index (χ1v) is 10.1. The van der Waals surface area contributed by atoms with E-state index < -0.39 is 7.12 Å². The molecule has 0 spiro atoms. The van der Waals surface area contributed by atoms with Crippen molar-refractivity contribution in [1.82, 2.24) is 9.88 Å². The number of nitrogens with zero attached hydrogens (tertiary/aromatic N) is 3. The summed E-state index contributed by atoms with van der Waals surface area (Å²) < 4.78 is 17.9. The number of piperazine rings is 1. The Morgan fingerprint density at radius 3 is 2.30 bits per heavy atom. The van der Waals surface area contributed by atoms with E-state index >= 15 is 0 Å². The fraction of sp³-hybridized carbons (Fsp3) is 0.750. The van der Waals surface area contributed by atoms with Gasteiger partial charge in [-0.25, -0.2) is 4.98 Å². The Balaban J connectivity index is 1.76. The van der Waals surface area contributed by atoms with Gasteiger partial charge in [0.2, 0.25) is 5.88 Å². The van der Waals surface area contributed by atoms with Gasteiger partial charge in [0.15, 0.2) is 0 Å². The molecule has 150 valence electrons. The Morgan fingerprint density at radius 2 is 1.74 bits per heavy atom. The molecule has 2 aliphatic rings. The molecule has 0 atom stereocenters. The van der Waals surface area contributed by atoms with Crippen LogP contribution in [-0.4, -0.2) is 68.0 Å². The molecule has 7 heteroatoms. The molecule has 0 aromatic carbocycles. The van der Waals surface area contributed by atoms with Gasteiger partial charge in [-0.15, -0.1) is 0 Å². The quantitative estimate of drug-likeness (QED) is 0.712. The number of unbranched alkanes of at least 4 members (excludes halogenated alkanes) is 1. The van der Waals surface area contributed by atoms with E-state index in [1.807, 2.05) is 6.20 Å². The van der Waals surface area contributed by atoms with E-state index in [1.54, 1.807) is 7.11 Å². The molecule has 3 heterocycles. The molecule has 0 saturated carbocycles. The van der Waals surface area contributed by atoms with Gasteiger partial charge in [0.25, 0.3) is 0 Å². The average molecular weight is 375 g/mol. The summed E-state index contributed by atoms with van der Waals surface area (Å²) in [6.45, 7) is 15.8. The number of methoxy groups -OCH3 is 1. The van der Waals surface area contributed by atoms with E-state index in [4.69, 9.17) is 14.0 Å². The van der Waals surface area contributed by atoms with E-state index in [1.165, 1.54) is 19.4 Å². The number of anilines is 1. The third-order valence-electron chi connectivity index (χ3n) is 6.11. The molecule has 0 radical (unpaired) electrons. The highest BCUT2D eigenvalue weighted by Crippen LogP contribution is 2.37. The van der Waals surface area contributed by atoms with Gasteiger partial charge in [0.1, 0.15) is 0 Å². The van der Waals surface area contributed by atoms with Crippen LogP contribution in [0.3, 0.4) is 0 Å². The van der Waals surface area contributed by atoms with Crippen LogP contribution in [0.25, 0.3) is 0 Å². The van der Waals surface area contributed by atoms with Gasteiger partial charge >= 0.3 is 7.12 Å². The highest BCUT2D eigenvalue weighted by Gasteiger charge is 2.52. The normalized spacial score (nSPS) is 22.3. The standard InChI is InChI=1S/C20H34BN3O3/c1-7-8-9-23-10-12-24(13-11-23)17-14-16(15-22-18(17)25-6)21-26-19(2,3)20(4,5)27-21/h14-15H,7-13H2,1-6H3. The van der Waals surface area contributed by atoms with Crippen molar-refractivity contribution in [3.05, 3.63) is 12.3 Å². The second-order valence-corrected chi connectivity index (χ2v) is 8.57. The highest BCUT2D eigenvalue weighted by molar-refractivity contribution is 6.62. The minimum atomic E-state index is -0.405. The third kappa shape index (κ3) is 4.25. The molecular weight excluding hydrogens is 341 g/mol. The van der Waals surface area contributed by atoms with Crippen molar-refractivity contribution < 1.29 is 14.0 Å². The first kappa shape index (κ1) is 20.4. The summed E-state index contributed by atoms with van der Waals surface area (Å²) in [5, 5.41) is 0. The molecule has 1 aromatic rings. The average Bonchev–Trinajstić information content (AvgIpc) is 2.87. The summed E-state index contributed by atoms with van der Waals surface area (Å²) in [6, 6.07) is 2.12. The van der Waals surface area contributed by atoms with Crippen LogP contribution in [0.15, 0.2) is 12.3 Å². The zero-order valence-corrected chi connectivity index (χ0v) is 17.7. The molecule has 2 aliphatic heterocycles. The molecule has 0 unspecified atom stereocenters. The molecule has 1 aromatic heterocycles. The van der Waals surface area contributed by atoms with Gasteiger partial charge < -0.3 is 18.9 Å². The monoisotopic (exact) mass is 375 g/mol. The largest absolute Gasteiger partial charge is 0.496 e. The summed E-state index contributed by atoms with van der Waals surface area (Å²) in [5.41, 5.74) is 1.25. The zero-order chi connectivity index (χ0) is 19.7. The van der Waals surface area contributed by atoms with Gasteiger partial charge in [0, 0.05) is 37.8 Å². The van der Waals surface area contributed by atoms with Crippen molar-refractivity contribution in [2.75, 3.05) is 44.7 Å². The summed E-state index contributed by atoms with van der Waals surface area (Å²) in [7, 11) is 1.27. The fourth-order valence-electron chi connectivity index (χ4n) is 3.54. The smallest absolute Gasteiger partial charge is 0.480 e. The molecule has 2 saturated heterocycles. The van der Waals surface area contributed by atoms with Crippen LogP contribution in [0.2, 0.25) is 0 Å². The van der Waals surface area contributed by atoms with Crippen molar-refractivity contribution in [2.45, 2.75) is 58.7 Å². The summed E-state index contributed by atoms with van der Waals surface area (Å²) >= 11 is 0. The lowest BCUT2D eigenvalue weighted by atomic mass is 9.80. The van der Waals surface area contributed by atoms with Crippen LogP contribution < -0.4 is 15.1 Å². The zero-order valence-electron chi connectivity index (χ0n) is 17.7. The van der Waals surface area contributed by atoms with Crippen molar-refractivity contribution in [2.24, 2.45) is 0 Å². The SMILES string of the molecule is CCCCN1CCN(c2cc(B3OC(C)(C)C(C)(C)O3)cnc2OC)CC1. The topological polar surface area (TPSA) is 47.1 Å². The van der Waals surface area contributed by atoms with E-state index in [-0.39, 0.29) is 11.2 Å². The summed E-state index contributed by atoms with van der Waals surface area (Å²) in [5.74, 6) is 0.664. The van der Waals surface area contributed by atoms with Gasteiger partial charge in [-0.2, -0.15) is 0 Å². The van der Waals surface area contributed by atoms with Crippen molar-refractivity contribution in [1.29, 1.82) is 0 Å². The molecule has 0 aliphatic carbocycles. The lowest BCUT2D eigenvalue weighted by Gasteiger charge is -2.36. The lowest BCUT2D eigenvalue weighted by Crippen LogP contribution is -2.47. The lowest BCUT2D eigenvalue weighted by molar-refractivity contribution is 0.00578. The summed E-state index contributed by atoms with van der Waals surface area (Å²) in [4.78, 5) is 9.45. The second-order valence-electron chi connectivity index (χ2n) is 8.57. The molecule has 6 nitrogen and oxygen atoms in total. The van der Waals surface area contributed by atoms with Crippen LogP contribution in [0.4, 0.5) is 5.69 Å². The van der Waals surface area contributed by atoms with Crippen LogP contribution in [-0.2, 0) is 9.31 Å².